The van der Waals surface area contributed by atoms with Crippen LogP contribution in [0.3, 0.4) is 0 Å². The molecule has 1 aliphatic carbocycles. The molecule has 18 heavy (non-hydrogen) atoms. The van der Waals surface area contributed by atoms with Crippen molar-refractivity contribution >= 4 is 11.6 Å². The van der Waals surface area contributed by atoms with Crippen LogP contribution in [0.4, 0.5) is 0 Å². The van der Waals surface area contributed by atoms with Gasteiger partial charge >= 0.3 is 0 Å². The molecule has 0 spiro atoms. The van der Waals surface area contributed by atoms with E-state index in [1.807, 2.05) is 6.07 Å². The average molecular weight is 268 g/mol. The van der Waals surface area contributed by atoms with Gasteiger partial charge in [0.05, 0.1) is 0 Å². The molecule has 2 rings (SSSR count). The van der Waals surface area contributed by atoms with Gasteiger partial charge in [0, 0.05) is 23.2 Å². The largest absolute Gasteiger partial charge is 0.508 e. The Morgan fingerprint density at radius 3 is 2.50 bits per heavy atom. The molecular weight excluding hydrogens is 246 g/mol. The number of nitrogens with one attached hydrogen (secondary N) is 1. The quantitative estimate of drug-likeness (QED) is 0.858. The van der Waals surface area contributed by atoms with Gasteiger partial charge in [0.2, 0.25) is 0 Å². The van der Waals surface area contributed by atoms with E-state index in [-0.39, 0.29) is 0 Å². The summed E-state index contributed by atoms with van der Waals surface area (Å²) in [5.41, 5.74) is 0.893. The molecule has 0 bridgehead atoms. The summed E-state index contributed by atoms with van der Waals surface area (Å²) in [6.07, 6.45) is 9.25. The molecule has 0 aliphatic heterocycles. The van der Waals surface area contributed by atoms with Gasteiger partial charge in [-0.25, -0.2) is 0 Å². The Morgan fingerprint density at radius 1 is 1.11 bits per heavy atom. The maximum atomic E-state index is 9.77. The highest BCUT2D eigenvalue weighted by Gasteiger charge is 2.11. The van der Waals surface area contributed by atoms with Gasteiger partial charge < -0.3 is 10.4 Å². The lowest BCUT2D eigenvalue weighted by molar-refractivity contribution is 0.384. The molecule has 2 N–H and O–H groups in total. The number of hydrogen-bond donors (Lipinski definition) is 2. The first-order valence-corrected chi connectivity index (χ1v) is 7.34. The predicted octanol–water partition coefficient (Wildman–Crippen LogP) is 4.25. The first-order chi connectivity index (χ1) is 8.75. The van der Waals surface area contributed by atoms with Gasteiger partial charge in [-0.2, -0.15) is 0 Å². The highest BCUT2D eigenvalue weighted by molar-refractivity contribution is 6.30. The molecule has 1 aliphatic rings. The third-order valence-corrected chi connectivity index (χ3v) is 3.96. The molecule has 1 aromatic rings. The number of aromatic hydroxyl groups is 1. The number of benzene rings is 1. The summed E-state index contributed by atoms with van der Waals surface area (Å²) in [6.45, 7) is 0.705. The fourth-order valence-corrected chi connectivity index (χ4v) is 2.80. The van der Waals surface area contributed by atoms with Gasteiger partial charge in [-0.05, 0) is 31.0 Å². The van der Waals surface area contributed by atoms with Gasteiger partial charge in [0.1, 0.15) is 5.75 Å². The number of phenolic OH excluding ortho intramolecular Hbond substituents is 1. The molecule has 0 atom stereocenters. The summed E-state index contributed by atoms with van der Waals surface area (Å²) in [6, 6.07) is 5.81. The van der Waals surface area contributed by atoms with E-state index in [0.717, 1.165) is 5.56 Å². The minimum Gasteiger partial charge on any atom is -0.508 e. The average Bonchev–Trinajstić information content (AvgIpc) is 2.32. The van der Waals surface area contributed by atoms with Crippen LogP contribution in [-0.2, 0) is 6.54 Å². The Kier molecular flexibility index (Phi) is 5.33. The number of hydrogen-bond acceptors (Lipinski definition) is 2. The second-order valence-electron chi connectivity index (χ2n) is 5.20. The van der Waals surface area contributed by atoms with Crippen LogP contribution in [0.25, 0.3) is 0 Å². The van der Waals surface area contributed by atoms with Crippen molar-refractivity contribution < 1.29 is 5.11 Å². The highest BCUT2D eigenvalue weighted by Crippen LogP contribution is 2.22. The fourth-order valence-electron chi connectivity index (χ4n) is 2.61. The molecular formula is C15H22ClNO. The lowest BCUT2D eigenvalue weighted by atomic mass is 9.96. The Morgan fingerprint density at radius 2 is 1.78 bits per heavy atom. The van der Waals surface area contributed by atoms with E-state index in [2.05, 4.69) is 5.32 Å². The Labute approximate surface area is 114 Å². The second kappa shape index (κ2) is 7.01. The van der Waals surface area contributed by atoms with Crippen molar-refractivity contribution in [2.45, 2.75) is 57.5 Å². The first-order valence-electron chi connectivity index (χ1n) is 6.96. The topological polar surface area (TPSA) is 32.3 Å². The molecule has 1 fully saturated rings. The van der Waals surface area contributed by atoms with Crippen molar-refractivity contribution in [3.8, 4) is 5.75 Å². The van der Waals surface area contributed by atoms with Crippen LogP contribution in [0.2, 0.25) is 5.02 Å². The third-order valence-electron chi connectivity index (χ3n) is 3.73. The number of rotatable bonds is 3. The lowest BCUT2D eigenvalue weighted by Gasteiger charge is -2.21. The molecule has 2 nitrogen and oxygen atoms in total. The van der Waals surface area contributed by atoms with Crippen LogP contribution in [-0.4, -0.2) is 11.1 Å². The molecule has 0 unspecified atom stereocenters. The van der Waals surface area contributed by atoms with Crippen molar-refractivity contribution in [1.82, 2.24) is 5.32 Å². The molecule has 1 aromatic carbocycles. The standard InChI is InChI=1S/C15H22ClNO/c16-13-8-9-15(18)12(10-13)11-17-14-6-4-2-1-3-5-7-14/h8-10,14,17-18H,1-7,11H2. The zero-order chi connectivity index (χ0) is 12.8. The van der Waals surface area contributed by atoms with Crippen LogP contribution < -0.4 is 5.32 Å². The fraction of sp³-hybridized carbons (Fsp3) is 0.600. The summed E-state index contributed by atoms with van der Waals surface area (Å²) in [5, 5.41) is 14.0. The van der Waals surface area contributed by atoms with E-state index >= 15 is 0 Å². The second-order valence-corrected chi connectivity index (χ2v) is 5.63. The van der Waals surface area contributed by atoms with Crippen molar-refractivity contribution in [1.29, 1.82) is 0 Å². The summed E-state index contributed by atoms with van der Waals surface area (Å²) in [4.78, 5) is 0. The Bertz CT molecular complexity index is 373. The van der Waals surface area contributed by atoms with Crippen molar-refractivity contribution in [3.05, 3.63) is 28.8 Å². The number of halogens is 1. The summed E-state index contributed by atoms with van der Waals surface area (Å²) in [5.74, 6) is 0.331. The van der Waals surface area contributed by atoms with Crippen LogP contribution in [0, 0.1) is 0 Å². The first kappa shape index (κ1) is 13.7. The number of phenols is 1. The minimum atomic E-state index is 0.331. The van der Waals surface area contributed by atoms with E-state index in [9.17, 15) is 5.11 Å². The van der Waals surface area contributed by atoms with E-state index in [1.54, 1.807) is 12.1 Å². The Hall–Kier alpha value is -0.730. The highest BCUT2D eigenvalue weighted by atomic mass is 35.5. The molecule has 100 valence electrons. The predicted molar refractivity (Wildman–Crippen MR) is 76.1 cm³/mol. The Balaban J connectivity index is 1.87. The zero-order valence-corrected chi connectivity index (χ0v) is 11.5. The molecule has 0 amide bonds. The van der Waals surface area contributed by atoms with Gasteiger partial charge in [-0.3, -0.25) is 0 Å². The van der Waals surface area contributed by atoms with Crippen molar-refractivity contribution in [2.24, 2.45) is 0 Å². The van der Waals surface area contributed by atoms with E-state index in [1.165, 1.54) is 44.9 Å². The summed E-state index contributed by atoms with van der Waals surface area (Å²) < 4.78 is 0. The van der Waals surface area contributed by atoms with E-state index < -0.39 is 0 Å². The maximum absolute atomic E-state index is 9.77. The zero-order valence-electron chi connectivity index (χ0n) is 10.8. The SMILES string of the molecule is Oc1ccc(Cl)cc1CNC1CCCCCCC1. The summed E-state index contributed by atoms with van der Waals surface area (Å²) >= 11 is 5.95. The molecule has 0 radical (unpaired) electrons. The summed E-state index contributed by atoms with van der Waals surface area (Å²) in [7, 11) is 0. The van der Waals surface area contributed by atoms with Crippen molar-refractivity contribution in [3.63, 3.8) is 0 Å². The van der Waals surface area contributed by atoms with Gasteiger partial charge in [0.25, 0.3) is 0 Å². The van der Waals surface area contributed by atoms with Crippen LogP contribution >= 0.6 is 11.6 Å². The minimum absolute atomic E-state index is 0.331. The lowest BCUT2D eigenvalue weighted by Crippen LogP contribution is -2.29. The van der Waals surface area contributed by atoms with E-state index in [4.69, 9.17) is 11.6 Å². The van der Waals surface area contributed by atoms with Crippen LogP contribution in [0.5, 0.6) is 5.75 Å². The van der Waals surface area contributed by atoms with Crippen LogP contribution in [0.1, 0.15) is 50.5 Å². The normalized spacial score (nSPS) is 18.3. The van der Waals surface area contributed by atoms with Crippen LogP contribution in [0.15, 0.2) is 18.2 Å². The van der Waals surface area contributed by atoms with Gasteiger partial charge in [-0.15, -0.1) is 0 Å². The molecule has 0 heterocycles. The van der Waals surface area contributed by atoms with E-state index in [0.29, 0.717) is 23.4 Å². The smallest absolute Gasteiger partial charge is 0.120 e. The maximum Gasteiger partial charge on any atom is 0.120 e. The monoisotopic (exact) mass is 267 g/mol. The molecule has 1 saturated carbocycles. The molecule has 0 aromatic heterocycles. The third kappa shape index (κ3) is 4.18. The van der Waals surface area contributed by atoms with Gasteiger partial charge in [-0.1, -0.05) is 43.7 Å². The molecule has 3 heteroatoms. The van der Waals surface area contributed by atoms with Crippen molar-refractivity contribution in [2.75, 3.05) is 0 Å². The van der Waals surface area contributed by atoms with Gasteiger partial charge in [0.15, 0.2) is 0 Å². The molecule has 0 saturated heterocycles.